The molecule has 1 amide bonds. The standard InChI is InChI=1S/C17H16N6O2/c18-9-10-1-2-12-14(7-10)20-17(19-12)21-16(24)15-8-13(22-23-15)11-3-5-25-6-4-11/h1-2,7-8,11H,3-6H2,(H,22,23)(H2,19,20,21,24). The van der Waals surface area contributed by atoms with Gasteiger partial charge >= 0.3 is 0 Å². The Balaban J connectivity index is 1.50. The maximum Gasteiger partial charge on any atom is 0.278 e. The van der Waals surface area contributed by atoms with Crippen LogP contribution < -0.4 is 5.32 Å². The Morgan fingerprint density at radius 2 is 2.16 bits per heavy atom. The first kappa shape index (κ1) is 15.4. The van der Waals surface area contributed by atoms with Crippen molar-refractivity contribution in [1.29, 1.82) is 5.26 Å². The molecule has 8 nitrogen and oxygen atoms in total. The third-order valence-corrected chi connectivity index (χ3v) is 4.33. The molecule has 3 aromatic rings. The molecule has 1 aliphatic rings. The molecule has 0 atom stereocenters. The Hall–Kier alpha value is -3.18. The monoisotopic (exact) mass is 336 g/mol. The SMILES string of the molecule is N#Cc1ccc2nc(NC(=O)c3cc(C4CCOCC4)[nH]n3)[nH]c2c1. The van der Waals surface area contributed by atoms with Gasteiger partial charge in [0.1, 0.15) is 0 Å². The molecule has 0 spiro atoms. The van der Waals surface area contributed by atoms with Crippen molar-refractivity contribution in [2.45, 2.75) is 18.8 Å². The lowest BCUT2D eigenvalue weighted by Gasteiger charge is -2.20. The van der Waals surface area contributed by atoms with Crippen molar-refractivity contribution >= 4 is 22.9 Å². The summed E-state index contributed by atoms with van der Waals surface area (Å²) in [5.41, 5.74) is 3.18. The number of ether oxygens (including phenoxy) is 1. The molecular formula is C17H16N6O2. The number of nitrogens with one attached hydrogen (secondary N) is 3. The number of fused-ring (bicyclic) bond motifs is 1. The van der Waals surface area contributed by atoms with Crippen molar-refractivity contribution in [3.8, 4) is 6.07 Å². The number of H-pyrrole nitrogens is 2. The average Bonchev–Trinajstić information content (AvgIpc) is 3.28. The van der Waals surface area contributed by atoms with Gasteiger partial charge in [-0.25, -0.2) is 4.98 Å². The number of nitriles is 1. The van der Waals surface area contributed by atoms with E-state index in [1.807, 2.05) is 0 Å². The van der Waals surface area contributed by atoms with Crippen LogP contribution in [0, 0.1) is 11.3 Å². The van der Waals surface area contributed by atoms with E-state index in [0.29, 0.717) is 34.2 Å². The van der Waals surface area contributed by atoms with Gasteiger partial charge < -0.3 is 9.72 Å². The fraction of sp³-hybridized carbons (Fsp3) is 0.294. The molecule has 0 radical (unpaired) electrons. The third-order valence-electron chi connectivity index (χ3n) is 4.33. The summed E-state index contributed by atoms with van der Waals surface area (Å²) in [4.78, 5) is 19.7. The Morgan fingerprint density at radius 3 is 2.96 bits per heavy atom. The number of rotatable bonds is 3. The summed E-state index contributed by atoms with van der Waals surface area (Å²) < 4.78 is 5.35. The number of aromatic nitrogens is 4. The lowest BCUT2D eigenvalue weighted by Crippen LogP contribution is -2.14. The molecule has 3 heterocycles. The summed E-state index contributed by atoms with van der Waals surface area (Å²) in [6, 6.07) is 8.96. The predicted octanol–water partition coefficient (Wildman–Crippen LogP) is 2.30. The van der Waals surface area contributed by atoms with Gasteiger partial charge in [0.05, 0.1) is 22.7 Å². The largest absolute Gasteiger partial charge is 0.381 e. The normalized spacial score (nSPS) is 15.2. The molecule has 126 valence electrons. The minimum Gasteiger partial charge on any atom is -0.381 e. The number of hydrogen-bond donors (Lipinski definition) is 3. The zero-order valence-corrected chi connectivity index (χ0v) is 13.4. The molecule has 1 fully saturated rings. The molecule has 8 heteroatoms. The van der Waals surface area contributed by atoms with Gasteiger partial charge in [-0.3, -0.25) is 15.2 Å². The zero-order valence-electron chi connectivity index (χ0n) is 13.4. The Bertz CT molecular complexity index is 961. The highest BCUT2D eigenvalue weighted by molar-refractivity contribution is 6.02. The molecule has 4 rings (SSSR count). The lowest BCUT2D eigenvalue weighted by molar-refractivity contribution is 0.0845. The van der Waals surface area contributed by atoms with Crippen LogP contribution >= 0.6 is 0 Å². The van der Waals surface area contributed by atoms with Crippen molar-refractivity contribution in [3.63, 3.8) is 0 Å². The van der Waals surface area contributed by atoms with Gasteiger partial charge in [0.25, 0.3) is 5.91 Å². The molecule has 1 aliphatic heterocycles. The average molecular weight is 336 g/mol. The minimum absolute atomic E-state index is 0.319. The van der Waals surface area contributed by atoms with E-state index in [4.69, 9.17) is 10.00 Å². The fourth-order valence-corrected chi connectivity index (χ4v) is 2.98. The van der Waals surface area contributed by atoms with Crippen LogP contribution in [-0.4, -0.2) is 39.3 Å². The highest BCUT2D eigenvalue weighted by atomic mass is 16.5. The molecule has 2 aromatic heterocycles. The number of anilines is 1. The molecule has 0 saturated carbocycles. The van der Waals surface area contributed by atoms with E-state index in [9.17, 15) is 4.79 Å². The van der Waals surface area contributed by atoms with Gasteiger partial charge in [0.15, 0.2) is 5.69 Å². The van der Waals surface area contributed by atoms with E-state index < -0.39 is 0 Å². The first-order valence-electron chi connectivity index (χ1n) is 8.07. The van der Waals surface area contributed by atoms with E-state index >= 15 is 0 Å². The number of carbonyl (C=O) groups is 1. The summed E-state index contributed by atoms with van der Waals surface area (Å²) in [6.07, 6.45) is 1.85. The molecule has 0 bridgehead atoms. The summed E-state index contributed by atoms with van der Waals surface area (Å²) >= 11 is 0. The van der Waals surface area contributed by atoms with Crippen LogP contribution in [0.5, 0.6) is 0 Å². The van der Waals surface area contributed by atoms with Gasteiger partial charge in [-0.05, 0) is 37.1 Å². The second kappa shape index (κ2) is 6.37. The fourth-order valence-electron chi connectivity index (χ4n) is 2.98. The molecule has 0 aliphatic carbocycles. The Morgan fingerprint density at radius 1 is 1.32 bits per heavy atom. The number of hydrogen-bond acceptors (Lipinski definition) is 5. The van der Waals surface area contributed by atoms with Crippen molar-refractivity contribution in [1.82, 2.24) is 20.2 Å². The van der Waals surface area contributed by atoms with Crippen LogP contribution in [0.1, 0.15) is 40.5 Å². The molecule has 0 unspecified atom stereocenters. The quantitative estimate of drug-likeness (QED) is 0.678. The van der Waals surface area contributed by atoms with Gasteiger partial charge in [-0.15, -0.1) is 0 Å². The summed E-state index contributed by atoms with van der Waals surface area (Å²) in [5, 5.41) is 18.7. The van der Waals surface area contributed by atoms with E-state index in [0.717, 1.165) is 31.7 Å². The smallest absolute Gasteiger partial charge is 0.278 e. The number of benzene rings is 1. The first-order valence-corrected chi connectivity index (χ1v) is 8.07. The van der Waals surface area contributed by atoms with E-state index in [-0.39, 0.29) is 5.91 Å². The predicted molar refractivity (Wildman–Crippen MR) is 90.1 cm³/mol. The topological polar surface area (TPSA) is 119 Å². The number of imidazole rings is 1. The zero-order chi connectivity index (χ0) is 17.2. The highest BCUT2D eigenvalue weighted by Crippen LogP contribution is 2.25. The van der Waals surface area contributed by atoms with E-state index in [1.165, 1.54) is 0 Å². The Labute approximate surface area is 143 Å². The lowest BCUT2D eigenvalue weighted by atomic mass is 9.96. The second-order valence-corrected chi connectivity index (χ2v) is 5.98. The van der Waals surface area contributed by atoms with E-state index in [2.05, 4.69) is 31.6 Å². The van der Waals surface area contributed by atoms with Crippen molar-refractivity contribution in [3.05, 3.63) is 41.2 Å². The van der Waals surface area contributed by atoms with Crippen LogP contribution in [0.3, 0.4) is 0 Å². The molecule has 1 saturated heterocycles. The summed E-state index contributed by atoms with van der Waals surface area (Å²) in [6.45, 7) is 1.46. The van der Waals surface area contributed by atoms with Gasteiger partial charge in [-0.1, -0.05) is 0 Å². The van der Waals surface area contributed by atoms with Gasteiger partial charge in [0, 0.05) is 24.8 Å². The number of nitrogens with zero attached hydrogens (tertiary/aromatic N) is 3. The van der Waals surface area contributed by atoms with Crippen molar-refractivity contribution in [2.24, 2.45) is 0 Å². The maximum absolute atomic E-state index is 12.4. The third kappa shape index (κ3) is 3.09. The van der Waals surface area contributed by atoms with Crippen LogP contribution in [0.15, 0.2) is 24.3 Å². The highest BCUT2D eigenvalue weighted by Gasteiger charge is 2.20. The van der Waals surface area contributed by atoms with Crippen LogP contribution in [-0.2, 0) is 4.74 Å². The summed E-state index contributed by atoms with van der Waals surface area (Å²) in [7, 11) is 0. The van der Waals surface area contributed by atoms with Crippen LogP contribution in [0.25, 0.3) is 11.0 Å². The van der Waals surface area contributed by atoms with E-state index in [1.54, 1.807) is 24.3 Å². The second-order valence-electron chi connectivity index (χ2n) is 5.98. The van der Waals surface area contributed by atoms with Crippen molar-refractivity contribution < 1.29 is 9.53 Å². The van der Waals surface area contributed by atoms with Crippen molar-refractivity contribution in [2.75, 3.05) is 18.5 Å². The van der Waals surface area contributed by atoms with Crippen LogP contribution in [0.4, 0.5) is 5.95 Å². The maximum atomic E-state index is 12.4. The molecule has 3 N–H and O–H groups in total. The summed E-state index contributed by atoms with van der Waals surface area (Å²) in [5.74, 6) is 0.332. The van der Waals surface area contributed by atoms with Crippen LogP contribution in [0.2, 0.25) is 0 Å². The number of aromatic amines is 2. The Kier molecular flexibility index (Phi) is 3.91. The molecule has 25 heavy (non-hydrogen) atoms. The number of carbonyl (C=O) groups excluding carboxylic acids is 1. The molecule has 1 aromatic carbocycles. The molecular weight excluding hydrogens is 320 g/mol. The van der Waals surface area contributed by atoms with Gasteiger partial charge in [-0.2, -0.15) is 10.4 Å². The number of amides is 1. The minimum atomic E-state index is -0.339. The first-order chi connectivity index (χ1) is 12.2. The van der Waals surface area contributed by atoms with Gasteiger partial charge in [0.2, 0.25) is 5.95 Å².